The van der Waals surface area contributed by atoms with Gasteiger partial charge in [0.1, 0.15) is 6.54 Å². The van der Waals surface area contributed by atoms with Crippen molar-refractivity contribution in [1.82, 2.24) is 10.2 Å². The van der Waals surface area contributed by atoms with Crippen LogP contribution in [0.3, 0.4) is 0 Å². The number of carbonyl (C=O) groups excluding carboxylic acids is 4. The molecule has 0 unspecified atom stereocenters. The molecular formula is C23H24F3N3O5. The zero-order chi connectivity index (χ0) is 25.5. The molecule has 0 atom stereocenters. The van der Waals surface area contributed by atoms with E-state index in [-0.39, 0.29) is 12.1 Å². The maximum Gasteiger partial charge on any atom is 0.416 e. The second-order valence-corrected chi connectivity index (χ2v) is 7.48. The topological polar surface area (TPSA) is 105 Å². The van der Waals surface area contributed by atoms with Crippen LogP contribution in [0.4, 0.5) is 18.9 Å². The molecule has 0 heterocycles. The fourth-order valence-corrected chi connectivity index (χ4v) is 2.86. The van der Waals surface area contributed by atoms with Crippen molar-refractivity contribution in [2.75, 3.05) is 32.1 Å². The smallest absolute Gasteiger partial charge is 0.416 e. The fraction of sp³-hybridized carbons (Fsp3) is 0.304. The minimum Gasteiger partial charge on any atom is -0.454 e. The summed E-state index contributed by atoms with van der Waals surface area (Å²) in [7, 11) is 1.37. The summed E-state index contributed by atoms with van der Waals surface area (Å²) in [6.45, 7) is 2.17. The van der Waals surface area contributed by atoms with Crippen LogP contribution in [0, 0.1) is 13.8 Å². The van der Waals surface area contributed by atoms with Gasteiger partial charge in [-0.3, -0.25) is 19.2 Å². The third kappa shape index (κ3) is 7.61. The van der Waals surface area contributed by atoms with E-state index in [9.17, 15) is 32.3 Å². The van der Waals surface area contributed by atoms with Crippen molar-refractivity contribution in [1.29, 1.82) is 0 Å². The number of carbonyl (C=O) groups is 4. The van der Waals surface area contributed by atoms with Gasteiger partial charge < -0.3 is 20.3 Å². The molecule has 11 heteroatoms. The summed E-state index contributed by atoms with van der Waals surface area (Å²) in [5.74, 6) is -2.78. The molecular weight excluding hydrogens is 455 g/mol. The van der Waals surface area contributed by atoms with Crippen molar-refractivity contribution in [2.24, 2.45) is 0 Å². The van der Waals surface area contributed by atoms with Crippen LogP contribution in [-0.4, -0.2) is 55.3 Å². The summed E-state index contributed by atoms with van der Waals surface area (Å²) < 4.78 is 42.5. The monoisotopic (exact) mass is 479 g/mol. The number of halogens is 3. The Kier molecular flexibility index (Phi) is 8.76. The van der Waals surface area contributed by atoms with Crippen LogP contribution in [0.25, 0.3) is 0 Å². The third-order valence-corrected chi connectivity index (χ3v) is 4.78. The van der Waals surface area contributed by atoms with Crippen LogP contribution in [0.1, 0.15) is 27.0 Å². The molecule has 0 spiro atoms. The molecule has 0 aliphatic heterocycles. The number of alkyl halides is 3. The van der Waals surface area contributed by atoms with Crippen LogP contribution in [0.15, 0.2) is 42.5 Å². The molecule has 34 heavy (non-hydrogen) atoms. The lowest BCUT2D eigenvalue weighted by Gasteiger charge is -2.18. The van der Waals surface area contributed by atoms with E-state index in [1.807, 2.05) is 32.0 Å². The molecule has 0 radical (unpaired) electrons. The lowest BCUT2D eigenvalue weighted by atomic mass is 10.1. The van der Waals surface area contributed by atoms with Gasteiger partial charge in [-0.05, 0) is 49.2 Å². The number of nitrogens with zero attached hydrogens (tertiary/aromatic N) is 1. The molecule has 0 bridgehead atoms. The molecule has 182 valence electrons. The summed E-state index contributed by atoms with van der Waals surface area (Å²) in [5.41, 5.74) is 1.41. The Labute approximate surface area is 194 Å². The van der Waals surface area contributed by atoms with E-state index in [1.165, 1.54) is 7.05 Å². The fourth-order valence-electron chi connectivity index (χ4n) is 2.86. The zero-order valence-corrected chi connectivity index (χ0v) is 18.8. The van der Waals surface area contributed by atoms with Gasteiger partial charge >= 0.3 is 12.1 Å². The Bertz CT molecular complexity index is 1050. The number of likely N-dealkylation sites (N-methyl/N-ethyl adjacent to an activating group) is 1. The van der Waals surface area contributed by atoms with Gasteiger partial charge in [0.05, 0.1) is 12.1 Å². The summed E-state index contributed by atoms with van der Waals surface area (Å²) in [6.07, 6.45) is -4.53. The average molecular weight is 479 g/mol. The first-order chi connectivity index (χ1) is 15.9. The van der Waals surface area contributed by atoms with Gasteiger partial charge in [0.25, 0.3) is 11.8 Å². The Morgan fingerprint density at radius 2 is 1.56 bits per heavy atom. The summed E-state index contributed by atoms with van der Waals surface area (Å²) in [4.78, 5) is 49.2. The van der Waals surface area contributed by atoms with Crippen LogP contribution in [0.2, 0.25) is 0 Å². The lowest BCUT2D eigenvalue weighted by molar-refractivity contribution is -0.150. The van der Waals surface area contributed by atoms with Crippen molar-refractivity contribution >= 4 is 29.4 Å². The van der Waals surface area contributed by atoms with E-state index >= 15 is 0 Å². The number of hydrogen-bond donors (Lipinski definition) is 2. The largest absolute Gasteiger partial charge is 0.454 e. The zero-order valence-electron chi connectivity index (χ0n) is 18.8. The van der Waals surface area contributed by atoms with E-state index in [4.69, 9.17) is 4.74 Å². The van der Waals surface area contributed by atoms with Crippen LogP contribution >= 0.6 is 0 Å². The molecule has 0 aliphatic rings. The Morgan fingerprint density at radius 3 is 2.12 bits per heavy atom. The van der Waals surface area contributed by atoms with Gasteiger partial charge in [-0.25, -0.2) is 0 Å². The van der Waals surface area contributed by atoms with Crippen molar-refractivity contribution in [3.63, 3.8) is 0 Å². The molecule has 0 saturated heterocycles. The van der Waals surface area contributed by atoms with Crippen molar-refractivity contribution in [2.45, 2.75) is 20.0 Å². The van der Waals surface area contributed by atoms with Crippen LogP contribution in [-0.2, 0) is 25.3 Å². The lowest BCUT2D eigenvalue weighted by Crippen LogP contribution is -2.38. The van der Waals surface area contributed by atoms with Gasteiger partial charge in [-0.1, -0.05) is 18.2 Å². The molecule has 0 fully saturated rings. The Balaban J connectivity index is 1.76. The molecule has 2 aromatic rings. The van der Waals surface area contributed by atoms with E-state index in [0.717, 1.165) is 40.3 Å². The molecule has 2 N–H and O–H groups in total. The van der Waals surface area contributed by atoms with Crippen LogP contribution in [0.5, 0.6) is 0 Å². The normalized spacial score (nSPS) is 10.9. The van der Waals surface area contributed by atoms with Crippen LogP contribution < -0.4 is 10.6 Å². The molecule has 3 amide bonds. The molecule has 0 aromatic heterocycles. The summed E-state index contributed by atoms with van der Waals surface area (Å²) in [5, 5.41) is 4.93. The number of aryl methyl sites for hydroxylation is 2. The third-order valence-electron chi connectivity index (χ3n) is 4.78. The molecule has 8 nitrogen and oxygen atoms in total. The maximum absolute atomic E-state index is 12.6. The van der Waals surface area contributed by atoms with Gasteiger partial charge in [0, 0.05) is 18.3 Å². The number of nitrogens with one attached hydrogen (secondary N) is 2. The van der Waals surface area contributed by atoms with E-state index in [2.05, 4.69) is 10.6 Å². The quantitative estimate of drug-likeness (QED) is 0.567. The predicted octanol–water partition coefficient (Wildman–Crippen LogP) is 2.69. The highest BCUT2D eigenvalue weighted by atomic mass is 19.4. The van der Waals surface area contributed by atoms with Crippen molar-refractivity contribution < 1.29 is 37.1 Å². The second kappa shape index (κ2) is 11.3. The van der Waals surface area contributed by atoms with E-state index < -0.39 is 48.6 Å². The molecule has 0 saturated carbocycles. The number of anilines is 1. The van der Waals surface area contributed by atoms with Gasteiger partial charge in [-0.2, -0.15) is 13.2 Å². The van der Waals surface area contributed by atoms with Crippen molar-refractivity contribution in [3.8, 4) is 0 Å². The highest BCUT2D eigenvalue weighted by molar-refractivity contribution is 5.97. The first-order valence-electron chi connectivity index (χ1n) is 10.1. The number of hydrogen-bond acceptors (Lipinski definition) is 5. The van der Waals surface area contributed by atoms with Crippen molar-refractivity contribution in [3.05, 3.63) is 64.7 Å². The molecule has 2 aromatic carbocycles. The number of amides is 3. The first kappa shape index (κ1) is 26.4. The second-order valence-electron chi connectivity index (χ2n) is 7.48. The van der Waals surface area contributed by atoms with E-state index in [0.29, 0.717) is 5.69 Å². The average Bonchev–Trinajstić information content (AvgIpc) is 2.77. The molecule has 2 rings (SSSR count). The summed E-state index contributed by atoms with van der Waals surface area (Å²) in [6, 6.07) is 8.99. The van der Waals surface area contributed by atoms with Gasteiger partial charge in [0.15, 0.2) is 6.61 Å². The summed E-state index contributed by atoms with van der Waals surface area (Å²) >= 11 is 0. The minimum absolute atomic E-state index is 0.0773. The van der Waals surface area contributed by atoms with Gasteiger partial charge in [0.2, 0.25) is 5.91 Å². The molecule has 0 aliphatic carbocycles. The van der Waals surface area contributed by atoms with E-state index in [1.54, 1.807) is 0 Å². The standard InChI is InChI=1S/C23H24F3N3O5/c1-14-5-4-6-15(2)21(14)28-18(30)12-29(3)19(31)13-34-20(32)11-27-22(33)16-7-9-17(10-8-16)23(24,25)26/h4-10H,11-13H2,1-3H3,(H,27,33)(H,28,30). The highest BCUT2D eigenvalue weighted by Gasteiger charge is 2.30. The maximum atomic E-state index is 12.6. The Hall–Kier alpha value is -3.89. The number of rotatable bonds is 8. The van der Waals surface area contributed by atoms with Gasteiger partial charge in [-0.15, -0.1) is 0 Å². The Morgan fingerprint density at radius 1 is 0.971 bits per heavy atom. The number of para-hydroxylation sites is 1. The minimum atomic E-state index is -4.53. The SMILES string of the molecule is Cc1cccc(C)c1NC(=O)CN(C)C(=O)COC(=O)CNC(=O)c1ccc(C(F)(F)F)cc1. The predicted molar refractivity (Wildman–Crippen MR) is 117 cm³/mol. The first-order valence-corrected chi connectivity index (χ1v) is 10.1. The number of esters is 1. The number of benzene rings is 2. The highest BCUT2D eigenvalue weighted by Crippen LogP contribution is 2.29. The number of ether oxygens (including phenoxy) is 1.